The molecule has 15 heavy (non-hydrogen) atoms. The quantitative estimate of drug-likeness (QED) is 0.490. The van der Waals surface area contributed by atoms with Crippen molar-refractivity contribution in [2.45, 2.75) is 24.4 Å². The van der Waals surface area contributed by atoms with Crippen molar-refractivity contribution in [1.29, 1.82) is 0 Å². The van der Waals surface area contributed by atoms with Crippen LogP contribution in [0.4, 0.5) is 0 Å². The van der Waals surface area contributed by atoms with Gasteiger partial charge in [-0.3, -0.25) is 0 Å². The van der Waals surface area contributed by atoms with Crippen molar-refractivity contribution in [3.63, 3.8) is 0 Å². The van der Waals surface area contributed by atoms with Crippen LogP contribution in [0, 0.1) is 0 Å². The molecule has 6 heteroatoms. The van der Waals surface area contributed by atoms with Crippen LogP contribution in [0.25, 0.3) is 0 Å². The molecule has 0 aromatic carbocycles. The molecule has 0 rings (SSSR count). The minimum Gasteiger partial charge on any atom is -0.394 e. The summed E-state index contributed by atoms with van der Waals surface area (Å²) in [6.07, 6.45) is -3.00. The fourth-order valence-electron chi connectivity index (χ4n) is 1.34. The maximum Gasteiger partial charge on any atom is 0.151 e. The molecular weight excluding hydrogens is 204 g/mol. The monoisotopic (exact) mass is 222 g/mol. The van der Waals surface area contributed by atoms with E-state index in [0.717, 1.165) is 0 Å². The summed E-state index contributed by atoms with van der Waals surface area (Å²) in [5.41, 5.74) is 0. The summed E-state index contributed by atoms with van der Waals surface area (Å²) in [6.45, 7) is -0.479. The third-order valence-corrected chi connectivity index (χ3v) is 2.16. The van der Waals surface area contributed by atoms with Crippen LogP contribution in [0.3, 0.4) is 0 Å². The second-order valence-electron chi connectivity index (χ2n) is 2.99. The fourth-order valence-corrected chi connectivity index (χ4v) is 1.34. The molecule has 0 aliphatic rings. The van der Waals surface area contributed by atoms with Crippen LogP contribution in [-0.4, -0.2) is 68.9 Å². The highest BCUT2D eigenvalue weighted by atomic mass is 16.6. The molecule has 0 saturated carbocycles. The van der Waals surface area contributed by atoms with Crippen molar-refractivity contribution in [2.75, 3.05) is 27.9 Å². The van der Waals surface area contributed by atoms with Crippen LogP contribution in [0.15, 0.2) is 0 Å². The first-order chi connectivity index (χ1) is 7.15. The van der Waals surface area contributed by atoms with Crippen molar-refractivity contribution >= 4 is 6.29 Å². The molecule has 0 heterocycles. The predicted molar refractivity (Wildman–Crippen MR) is 51.5 cm³/mol. The number of rotatable bonds is 8. The van der Waals surface area contributed by atoms with Gasteiger partial charge < -0.3 is 29.2 Å². The highest BCUT2D eigenvalue weighted by Gasteiger charge is 2.34. The van der Waals surface area contributed by atoms with E-state index in [-0.39, 0.29) is 0 Å². The number of carbonyl (C=O) groups is 1. The largest absolute Gasteiger partial charge is 0.394 e. The second-order valence-corrected chi connectivity index (χ2v) is 2.99. The third-order valence-electron chi connectivity index (χ3n) is 2.16. The average molecular weight is 222 g/mol. The molecule has 0 aromatic rings. The van der Waals surface area contributed by atoms with E-state index in [9.17, 15) is 9.90 Å². The van der Waals surface area contributed by atoms with Gasteiger partial charge in [-0.05, 0) is 0 Å². The number of ether oxygens (including phenoxy) is 3. The summed E-state index contributed by atoms with van der Waals surface area (Å²) in [4.78, 5) is 10.7. The lowest BCUT2D eigenvalue weighted by Crippen LogP contribution is -2.49. The summed E-state index contributed by atoms with van der Waals surface area (Å²) in [6, 6.07) is 0. The number of methoxy groups -OCH3 is 3. The standard InChI is InChI=1S/C9H18O6/c1-13-7(5-11)9(15-3)8(14-2)6(12)4-10/h5-10,12H,4H2,1-3H3/t6-,7+,8-,9-/m0/s1. The maximum absolute atomic E-state index is 10.7. The number of aliphatic hydroxyl groups excluding tert-OH is 2. The molecule has 0 saturated heterocycles. The van der Waals surface area contributed by atoms with Gasteiger partial charge in [0.15, 0.2) is 6.29 Å². The van der Waals surface area contributed by atoms with E-state index in [1.54, 1.807) is 0 Å². The molecule has 90 valence electrons. The van der Waals surface area contributed by atoms with Gasteiger partial charge in [-0.25, -0.2) is 0 Å². The summed E-state index contributed by atoms with van der Waals surface area (Å²) in [5, 5.41) is 18.2. The lowest BCUT2D eigenvalue weighted by Gasteiger charge is -2.30. The van der Waals surface area contributed by atoms with Gasteiger partial charge in [0.1, 0.15) is 24.4 Å². The van der Waals surface area contributed by atoms with E-state index in [0.29, 0.717) is 6.29 Å². The van der Waals surface area contributed by atoms with Gasteiger partial charge in [-0.15, -0.1) is 0 Å². The lowest BCUT2D eigenvalue weighted by molar-refractivity contribution is -0.155. The minimum absolute atomic E-state index is 0.479. The molecule has 0 aliphatic carbocycles. The van der Waals surface area contributed by atoms with E-state index >= 15 is 0 Å². The normalized spacial score (nSPS) is 19.3. The Hall–Kier alpha value is -0.530. The van der Waals surface area contributed by atoms with Crippen molar-refractivity contribution in [3.8, 4) is 0 Å². The molecule has 2 N–H and O–H groups in total. The van der Waals surface area contributed by atoms with Gasteiger partial charge in [-0.2, -0.15) is 0 Å². The van der Waals surface area contributed by atoms with E-state index in [1.807, 2.05) is 0 Å². The summed E-state index contributed by atoms with van der Waals surface area (Å²) in [5.74, 6) is 0. The van der Waals surface area contributed by atoms with Crippen molar-refractivity contribution < 1.29 is 29.2 Å². The molecule has 0 unspecified atom stereocenters. The van der Waals surface area contributed by atoms with Crippen LogP contribution in [-0.2, 0) is 19.0 Å². The second kappa shape index (κ2) is 7.72. The van der Waals surface area contributed by atoms with Crippen molar-refractivity contribution in [2.24, 2.45) is 0 Å². The molecule has 0 radical (unpaired) electrons. The molecule has 0 spiro atoms. The number of hydrogen-bond donors (Lipinski definition) is 2. The lowest BCUT2D eigenvalue weighted by atomic mass is 10.0. The van der Waals surface area contributed by atoms with Gasteiger partial charge in [0.25, 0.3) is 0 Å². The predicted octanol–water partition coefficient (Wildman–Crippen LogP) is -1.42. The molecule has 0 bridgehead atoms. The van der Waals surface area contributed by atoms with Gasteiger partial charge in [0, 0.05) is 21.3 Å². The number of aliphatic hydroxyl groups is 2. The first-order valence-corrected chi connectivity index (χ1v) is 4.48. The van der Waals surface area contributed by atoms with Gasteiger partial charge in [0.2, 0.25) is 0 Å². The smallest absolute Gasteiger partial charge is 0.151 e. The molecular formula is C9H18O6. The fraction of sp³-hybridized carbons (Fsp3) is 0.889. The summed E-state index contributed by atoms with van der Waals surface area (Å²) >= 11 is 0. The molecule has 0 aromatic heterocycles. The van der Waals surface area contributed by atoms with Gasteiger partial charge >= 0.3 is 0 Å². The Morgan fingerprint density at radius 3 is 1.93 bits per heavy atom. The van der Waals surface area contributed by atoms with E-state index in [2.05, 4.69) is 0 Å². The Balaban J connectivity index is 4.64. The number of hydrogen-bond acceptors (Lipinski definition) is 6. The minimum atomic E-state index is -1.13. The third kappa shape index (κ3) is 3.84. The Kier molecular flexibility index (Phi) is 7.45. The molecule has 6 nitrogen and oxygen atoms in total. The summed E-state index contributed by atoms with van der Waals surface area (Å²) in [7, 11) is 4.08. The SMILES string of the molecule is CO[C@H]([C@@H](OC)[C@@H](C=O)OC)[C@@H](O)CO. The van der Waals surface area contributed by atoms with Crippen molar-refractivity contribution in [3.05, 3.63) is 0 Å². The number of carbonyl (C=O) groups excluding carboxylic acids is 1. The zero-order valence-corrected chi connectivity index (χ0v) is 9.12. The Morgan fingerprint density at radius 1 is 1.13 bits per heavy atom. The number of aldehydes is 1. The van der Waals surface area contributed by atoms with Crippen LogP contribution < -0.4 is 0 Å². The zero-order valence-electron chi connectivity index (χ0n) is 9.12. The maximum atomic E-state index is 10.7. The Bertz CT molecular complexity index is 174. The molecule has 0 amide bonds. The zero-order chi connectivity index (χ0) is 11.8. The topological polar surface area (TPSA) is 85.2 Å². The van der Waals surface area contributed by atoms with Crippen molar-refractivity contribution in [1.82, 2.24) is 0 Å². The van der Waals surface area contributed by atoms with Gasteiger partial charge in [0.05, 0.1) is 6.61 Å². The highest BCUT2D eigenvalue weighted by Crippen LogP contribution is 2.12. The highest BCUT2D eigenvalue weighted by molar-refractivity contribution is 5.57. The van der Waals surface area contributed by atoms with Crippen LogP contribution in [0.1, 0.15) is 0 Å². The first-order valence-electron chi connectivity index (χ1n) is 4.48. The van der Waals surface area contributed by atoms with E-state index < -0.39 is 31.0 Å². The molecule has 0 fully saturated rings. The van der Waals surface area contributed by atoms with E-state index in [1.165, 1.54) is 21.3 Å². The Morgan fingerprint density at radius 2 is 1.67 bits per heavy atom. The van der Waals surface area contributed by atoms with Gasteiger partial charge in [-0.1, -0.05) is 0 Å². The van der Waals surface area contributed by atoms with Crippen LogP contribution >= 0.6 is 0 Å². The molecule has 0 aliphatic heterocycles. The van der Waals surface area contributed by atoms with Crippen LogP contribution in [0.2, 0.25) is 0 Å². The Labute approximate surface area is 88.7 Å². The molecule has 4 atom stereocenters. The summed E-state index contributed by atoms with van der Waals surface area (Å²) < 4.78 is 14.8. The van der Waals surface area contributed by atoms with E-state index in [4.69, 9.17) is 19.3 Å². The van der Waals surface area contributed by atoms with Crippen LogP contribution in [0.5, 0.6) is 0 Å². The first kappa shape index (κ1) is 14.5. The average Bonchev–Trinajstić information content (AvgIpc) is 2.28.